The SMILES string of the molecule is Cc1cc(C(F)(F)F)nn1[CH]O. The summed E-state index contributed by atoms with van der Waals surface area (Å²) in [5, 5.41) is 11.5. The molecule has 0 fully saturated rings. The maximum Gasteiger partial charge on any atom is 0.435 e. The summed E-state index contributed by atoms with van der Waals surface area (Å²) >= 11 is 0. The van der Waals surface area contributed by atoms with Crippen molar-refractivity contribution in [2.45, 2.75) is 13.1 Å². The van der Waals surface area contributed by atoms with E-state index in [0.29, 0.717) is 6.73 Å². The normalized spacial score (nSPS) is 12.1. The van der Waals surface area contributed by atoms with Crippen molar-refractivity contribution in [3.63, 3.8) is 0 Å². The Bertz CT molecular complexity index is 279. The van der Waals surface area contributed by atoms with Crippen LogP contribution >= 0.6 is 0 Å². The van der Waals surface area contributed by atoms with E-state index < -0.39 is 11.9 Å². The Kier molecular flexibility index (Phi) is 2.10. The number of aryl methyl sites for hydroxylation is 1. The van der Waals surface area contributed by atoms with E-state index in [2.05, 4.69) is 5.10 Å². The highest BCUT2D eigenvalue weighted by atomic mass is 19.4. The second-order valence-electron chi connectivity index (χ2n) is 2.23. The number of aromatic nitrogens is 2. The highest BCUT2D eigenvalue weighted by Crippen LogP contribution is 2.28. The summed E-state index contributed by atoms with van der Waals surface area (Å²) in [6, 6.07) is 0.854. The lowest BCUT2D eigenvalue weighted by Crippen LogP contribution is -2.07. The van der Waals surface area contributed by atoms with Crippen molar-refractivity contribution >= 4 is 0 Å². The van der Waals surface area contributed by atoms with Gasteiger partial charge in [-0.1, -0.05) is 0 Å². The molecule has 1 aromatic heterocycles. The minimum atomic E-state index is -4.46. The van der Waals surface area contributed by atoms with Crippen LogP contribution in [-0.4, -0.2) is 14.9 Å². The standard InChI is InChI=1S/C6H6F3N2O/c1-4-2-5(6(7,8)9)10-11(4)3-12/h2-3,12H,1H3. The zero-order chi connectivity index (χ0) is 9.35. The number of aliphatic hydroxyl groups is 1. The summed E-state index contributed by atoms with van der Waals surface area (Å²) in [7, 11) is 0. The number of alkyl halides is 3. The second kappa shape index (κ2) is 2.78. The van der Waals surface area contributed by atoms with Crippen molar-refractivity contribution in [2.24, 2.45) is 0 Å². The van der Waals surface area contributed by atoms with E-state index in [4.69, 9.17) is 5.11 Å². The van der Waals surface area contributed by atoms with Gasteiger partial charge in [0.2, 0.25) is 0 Å². The molecule has 6 heteroatoms. The van der Waals surface area contributed by atoms with Crippen LogP contribution in [0.2, 0.25) is 0 Å². The molecular weight excluding hydrogens is 173 g/mol. The molecule has 0 bridgehead atoms. The highest BCUT2D eigenvalue weighted by molar-refractivity contribution is 5.12. The lowest BCUT2D eigenvalue weighted by atomic mass is 10.4. The zero-order valence-corrected chi connectivity index (χ0v) is 6.13. The van der Waals surface area contributed by atoms with Crippen LogP contribution in [0, 0.1) is 13.7 Å². The first-order valence-corrected chi connectivity index (χ1v) is 3.06. The molecule has 0 aliphatic carbocycles. The van der Waals surface area contributed by atoms with Gasteiger partial charge in [-0.25, -0.2) is 4.68 Å². The van der Waals surface area contributed by atoms with Crippen molar-refractivity contribution in [3.8, 4) is 0 Å². The molecule has 1 rings (SSSR count). The summed E-state index contributed by atoms with van der Waals surface area (Å²) in [5.74, 6) is 0. The Hall–Kier alpha value is -1.04. The van der Waals surface area contributed by atoms with Crippen molar-refractivity contribution in [1.29, 1.82) is 0 Å². The van der Waals surface area contributed by atoms with Gasteiger partial charge in [0.1, 0.15) is 0 Å². The maximum atomic E-state index is 11.9. The Balaban J connectivity index is 3.05. The molecular formula is C6H6F3N2O. The molecule has 67 valence electrons. The van der Waals surface area contributed by atoms with Gasteiger partial charge in [0.15, 0.2) is 12.4 Å². The van der Waals surface area contributed by atoms with Crippen LogP contribution in [0.15, 0.2) is 6.07 Å². The summed E-state index contributed by atoms with van der Waals surface area (Å²) in [6.07, 6.45) is -4.46. The Morgan fingerprint density at radius 1 is 1.58 bits per heavy atom. The third-order valence-electron chi connectivity index (χ3n) is 1.32. The third kappa shape index (κ3) is 1.58. The number of nitrogens with zero attached hydrogens (tertiary/aromatic N) is 2. The van der Waals surface area contributed by atoms with Crippen LogP contribution in [0.1, 0.15) is 11.4 Å². The van der Waals surface area contributed by atoms with Crippen molar-refractivity contribution < 1.29 is 18.3 Å². The van der Waals surface area contributed by atoms with Crippen molar-refractivity contribution in [1.82, 2.24) is 9.78 Å². The van der Waals surface area contributed by atoms with Gasteiger partial charge in [0.25, 0.3) is 0 Å². The lowest BCUT2D eigenvalue weighted by molar-refractivity contribution is -0.141. The predicted octanol–water partition coefficient (Wildman–Crippen LogP) is 1.55. The Morgan fingerprint density at radius 3 is 2.42 bits per heavy atom. The van der Waals surface area contributed by atoms with Crippen LogP contribution in [0.4, 0.5) is 13.2 Å². The monoisotopic (exact) mass is 179 g/mol. The minimum absolute atomic E-state index is 0.227. The first-order valence-electron chi connectivity index (χ1n) is 3.06. The summed E-state index contributed by atoms with van der Waals surface area (Å²) in [5.41, 5.74) is -0.782. The molecule has 0 unspecified atom stereocenters. The van der Waals surface area contributed by atoms with Gasteiger partial charge >= 0.3 is 6.18 Å². The molecule has 1 N–H and O–H groups in total. The number of rotatable bonds is 1. The molecule has 1 aromatic rings. The third-order valence-corrected chi connectivity index (χ3v) is 1.32. The first kappa shape index (κ1) is 9.05. The lowest BCUT2D eigenvalue weighted by Gasteiger charge is -1.99. The molecule has 0 amide bonds. The molecule has 0 aliphatic heterocycles. The largest absolute Gasteiger partial charge is 0.435 e. The first-order chi connectivity index (χ1) is 5.45. The van der Waals surface area contributed by atoms with Crippen LogP contribution < -0.4 is 0 Å². The summed E-state index contributed by atoms with van der Waals surface area (Å²) in [6.45, 7) is 1.89. The second-order valence-corrected chi connectivity index (χ2v) is 2.23. The van der Waals surface area contributed by atoms with E-state index >= 15 is 0 Å². The number of hydrogen-bond donors (Lipinski definition) is 1. The van der Waals surface area contributed by atoms with Gasteiger partial charge in [0, 0.05) is 5.69 Å². The van der Waals surface area contributed by atoms with Gasteiger partial charge in [-0.3, -0.25) is 0 Å². The van der Waals surface area contributed by atoms with Gasteiger partial charge in [-0.2, -0.15) is 18.3 Å². The van der Waals surface area contributed by atoms with Gasteiger partial charge in [0.05, 0.1) is 0 Å². The molecule has 0 atom stereocenters. The fourth-order valence-corrected chi connectivity index (χ4v) is 0.743. The Labute approximate surface area is 66.4 Å². The van der Waals surface area contributed by atoms with E-state index in [0.717, 1.165) is 10.7 Å². The minimum Gasteiger partial charge on any atom is -0.368 e. The molecule has 12 heavy (non-hydrogen) atoms. The van der Waals surface area contributed by atoms with Crippen molar-refractivity contribution in [3.05, 3.63) is 24.2 Å². The molecule has 1 heterocycles. The van der Waals surface area contributed by atoms with E-state index in [9.17, 15) is 13.2 Å². The average Bonchev–Trinajstić information content (AvgIpc) is 2.29. The fourth-order valence-electron chi connectivity index (χ4n) is 0.743. The smallest absolute Gasteiger partial charge is 0.368 e. The van der Waals surface area contributed by atoms with E-state index in [1.54, 1.807) is 0 Å². The van der Waals surface area contributed by atoms with Gasteiger partial charge in [-0.05, 0) is 13.0 Å². The van der Waals surface area contributed by atoms with E-state index in [-0.39, 0.29) is 5.69 Å². The van der Waals surface area contributed by atoms with Crippen molar-refractivity contribution in [2.75, 3.05) is 0 Å². The summed E-state index contributed by atoms with van der Waals surface area (Å²) in [4.78, 5) is 0. The van der Waals surface area contributed by atoms with E-state index in [1.165, 1.54) is 6.92 Å². The highest BCUT2D eigenvalue weighted by Gasteiger charge is 2.34. The van der Waals surface area contributed by atoms with Crippen LogP contribution in [-0.2, 0) is 6.18 Å². The Morgan fingerprint density at radius 2 is 2.17 bits per heavy atom. The molecule has 0 saturated heterocycles. The molecule has 1 radical (unpaired) electrons. The van der Waals surface area contributed by atoms with E-state index in [1.807, 2.05) is 0 Å². The summed E-state index contributed by atoms with van der Waals surface area (Å²) < 4.78 is 36.6. The van der Waals surface area contributed by atoms with Gasteiger partial charge in [-0.15, -0.1) is 0 Å². The molecule has 0 spiro atoms. The van der Waals surface area contributed by atoms with Crippen LogP contribution in [0.25, 0.3) is 0 Å². The number of aliphatic hydroxyl groups excluding tert-OH is 1. The van der Waals surface area contributed by atoms with Crippen LogP contribution in [0.5, 0.6) is 0 Å². The predicted molar refractivity (Wildman–Crippen MR) is 33.6 cm³/mol. The molecule has 0 aliphatic rings. The molecule has 3 nitrogen and oxygen atoms in total. The quantitative estimate of drug-likeness (QED) is 0.710. The average molecular weight is 179 g/mol. The molecule has 0 aromatic carbocycles. The number of hydrogen-bond acceptors (Lipinski definition) is 2. The zero-order valence-electron chi connectivity index (χ0n) is 6.13. The van der Waals surface area contributed by atoms with Gasteiger partial charge < -0.3 is 5.11 Å². The maximum absolute atomic E-state index is 11.9. The number of halogens is 3. The topological polar surface area (TPSA) is 38.0 Å². The molecule has 0 saturated carbocycles. The fraction of sp³-hybridized carbons (Fsp3) is 0.333. The van der Waals surface area contributed by atoms with Crippen LogP contribution in [0.3, 0.4) is 0 Å².